The Labute approximate surface area is 128 Å². The SMILES string of the molecule is CC(C)C(=O)NCCNC(=O)C=Cc1cccc([N+](=O)[O-])c1. The van der Waals surface area contributed by atoms with Gasteiger partial charge in [-0.2, -0.15) is 0 Å². The van der Waals surface area contributed by atoms with Gasteiger partial charge in [0, 0.05) is 37.2 Å². The van der Waals surface area contributed by atoms with Crippen LogP contribution in [0.25, 0.3) is 6.08 Å². The predicted molar refractivity (Wildman–Crippen MR) is 83.0 cm³/mol. The first-order valence-corrected chi connectivity index (χ1v) is 6.88. The minimum Gasteiger partial charge on any atom is -0.354 e. The van der Waals surface area contributed by atoms with Crippen molar-refractivity contribution in [3.63, 3.8) is 0 Å². The number of nitro benzene ring substituents is 1. The number of rotatable bonds is 7. The molecule has 1 aromatic carbocycles. The summed E-state index contributed by atoms with van der Waals surface area (Å²) in [7, 11) is 0. The summed E-state index contributed by atoms with van der Waals surface area (Å²) in [5.41, 5.74) is 0.538. The molecular formula is C15H19N3O4. The van der Waals surface area contributed by atoms with E-state index in [2.05, 4.69) is 10.6 Å². The van der Waals surface area contributed by atoms with Gasteiger partial charge in [0.05, 0.1) is 4.92 Å². The molecule has 0 aliphatic heterocycles. The van der Waals surface area contributed by atoms with Gasteiger partial charge >= 0.3 is 0 Å². The molecule has 22 heavy (non-hydrogen) atoms. The molecule has 0 aliphatic rings. The molecule has 0 bridgehead atoms. The Bertz CT molecular complexity index is 582. The maximum Gasteiger partial charge on any atom is 0.270 e. The summed E-state index contributed by atoms with van der Waals surface area (Å²) in [6, 6.07) is 5.98. The van der Waals surface area contributed by atoms with Gasteiger partial charge in [-0.25, -0.2) is 0 Å². The Morgan fingerprint density at radius 2 is 1.95 bits per heavy atom. The van der Waals surface area contributed by atoms with E-state index in [1.165, 1.54) is 24.3 Å². The smallest absolute Gasteiger partial charge is 0.270 e. The molecule has 2 amide bonds. The van der Waals surface area contributed by atoms with Crippen LogP contribution in [0.1, 0.15) is 19.4 Å². The van der Waals surface area contributed by atoms with E-state index in [-0.39, 0.29) is 23.4 Å². The molecule has 0 saturated heterocycles. The van der Waals surface area contributed by atoms with Crippen LogP contribution in [0.15, 0.2) is 30.3 Å². The second-order valence-electron chi connectivity index (χ2n) is 4.92. The van der Waals surface area contributed by atoms with Crippen LogP contribution in [-0.4, -0.2) is 29.8 Å². The molecule has 0 atom stereocenters. The minimum atomic E-state index is -0.491. The lowest BCUT2D eigenvalue weighted by Gasteiger charge is -2.07. The van der Waals surface area contributed by atoms with Crippen molar-refractivity contribution in [3.05, 3.63) is 46.0 Å². The first kappa shape index (κ1) is 17.4. The number of carbonyl (C=O) groups excluding carboxylic acids is 2. The van der Waals surface area contributed by atoms with E-state index < -0.39 is 4.92 Å². The largest absolute Gasteiger partial charge is 0.354 e. The molecule has 7 heteroatoms. The summed E-state index contributed by atoms with van der Waals surface area (Å²) >= 11 is 0. The molecule has 0 unspecified atom stereocenters. The first-order chi connectivity index (χ1) is 10.4. The van der Waals surface area contributed by atoms with Crippen LogP contribution < -0.4 is 10.6 Å². The summed E-state index contributed by atoms with van der Waals surface area (Å²) in [5.74, 6) is -0.490. The van der Waals surface area contributed by atoms with Gasteiger partial charge < -0.3 is 10.6 Å². The van der Waals surface area contributed by atoms with E-state index in [9.17, 15) is 19.7 Å². The summed E-state index contributed by atoms with van der Waals surface area (Å²) in [4.78, 5) is 33.0. The molecule has 0 fully saturated rings. The average Bonchev–Trinajstić information content (AvgIpc) is 2.49. The van der Waals surface area contributed by atoms with Gasteiger partial charge in [0.25, 0.3) is 5.69 Å². The number of carbonyl (C=O) groups is 2. The van der Waals surface area contributed by atoms with Gasteiger partial charge in [0.2, 0.25) is 11.8 Å². The van der Waals surface area contributed by atoms with Crippen molar-refractivity contribution in [2.45, 2.75) is 13.8 Å². The number of nitrogens with one attached hydrogen (secondary N) is 2. The minimum absolute atomic E-state index is 0.0287. The third kappa shape index (κ3) is 6.17. The summed E-state index contributed by atoms with van der Waals surface area (Å²) in [6.45, 7) is 4.25. The fraction of sp³-hybridized carbons (Fsp3) is 0.333. The highest BCUT2D eigenvalue weighted by Gasteiger charge is 2.05. The molecule has 0 aromatic heterocycles. The zero-order valence-corrected chi connectivity index (χ0v) is 12.5. The summed E-state index contributed by atoms with van der Waals surface area (Å²) in [5, 5.41) is 15.9. The summed E-state index contributed by atoms with van der Waals surface area (Å²) < 4.78 is 0. The molecule has 118 valence electrons. The van der Waals surface area contributed by atoms with Crippen molar-refractivity contribution in [2.24, 2.45) is 5.92 Å². The normalized spacial score (nSPS) is 10.7. The predicted octanol–water partition coefficient (Wildman–Crippen LogP) is 1.50. The second-order valence-corrected chi connectivity index (χ2v) is 4.92. The lowest BCUT2D eigenvalue weighted by Crippen LogP contribution is -2.35. The van der Waals surface area contributed by atoms with E-state index in [0.717, 1.165) is 0 Å². The van der Waals surface area contributed by atoms with E-state index in [0.29, 0.717) is 18.7 Å². The van der Waals surface area contributed by atoms with Gasteiger partial charge in [-0.05, 0) is 11.6 Å². The standard InChI is InChI=1S/C15H19N3O4/c1-11(2)15(20)17-9-8-16-14(19)7-6-12-4-3-5-13(10-12)18(21)22/h3-7,10-11H,8-9H2,1-2H3,(H,16,19)(H,17,20). The van der Waals surface area contributed by atoms with Crippen molar-refractivity contribution in [1.29, 1.82) is 0 Å². The van der Waals surface area contributed by atoms with Crippen LogP contribution in [0.5, 0.6) is 0 Å². The van der Waals surface area contributed by atoms with E-state index in [1.54, 1.807) is 26.0 Å². The number of non-ortho nitro benzene ring substituents is 1. The van der Waals surface area contributed by atoms with E-state index >= 15 is 0 Å². The van der Waals surface area contributed by atoms with E-state index in [1.807, 2.05) is 0 Å². The van der Waals surface area contributed by atoms with Crippen LogP contribution in [-0.2, 0) is 9.59 Å². The van der Waals surface area contributed by atoms with Crippen molar-refractivity contribution in [3.8, 4) is 0 Å². The molecule has 0 saturated carbocycles. The molecule has 2 N–H and O–H groups in total. The highest BCUT2D eigenvalue weighted by molar-refractivity contribution is 5.91. The Kier molecular flexibility index (Phi) is 6.75. The number of amides is 2. The number of hydrogen-bond donors (Lipinski definition) is 2. The van der Waals surface area contributed by atoms with Crippen LogP contribution in [0.3, 0.4) is 0 Å². The van der Waals surface area contributed by atoms with Crippen molar-refractivity contribution in [2.75, 3.05) is 13.1 Å². The van der Waals surface area contributed by atoms with Gasteiger partial charge in [-0.3, -0.25) is 19.7 Å². The molecule has 7 nitrogen and oxygen atoms in total. The highest BCUT2D eigenvalue weighted by Crippen LogP contribution is 2.13. The second kappa shape index (κ2) is 8.56. The third-order valence-electron chi connectivity index (χ3n) is 2.76. The number of hydrogen-bond acceptors (Lipinski definition) is 4. The fourth-order valence-electron chi connectivity index (χ4n) is 1.55. The van der Waals surface area contributed by atoms with Crippen LogP contribution in [0, 0.1) is 16.0 Å². The zero-order chi connectivity index (χ0) is 16.5. The van der Waals surface area contributed by atoms with Gasteiger partial charge in [0.1, 0.15) is 0 Å². The number of benzene rings is 1. The van der Waals surface area contributed by atoms with Crippen molar-refractivity contribution >= 4 is 23.6 Å². The Hall–Kier alpha value is -2.70. The molecule has 0 radical (unpaired) electrons. The van der Waals surface area contributed by atoms with Gasteiger partial charge in [-0.15, -0.1) is 0 Å². The Morgan fingerprint density at radius 1 is 1.27 bits per heavy atom. The third-order valence-corrected chi connectivity index (χ3v) is 2.76. The van der Waals surface area contributed by atoms with Gasteiger partial charge in [0.15, 0.2) is 0 Å². The van der Waals surface area contributed by atoms with Crippen LogP contribution >= 0.6 is 0 Å². The highest BCUT2D eigenvalue weighted by atomic mass is 16.6. The molecule has 0 aliphatic carbocycles. The molecular weight excluding hydrogens is 286 g/mol. The fourth-order valence-corrected chi connectivity index (χ4v) is 1.55. The zero-order valence-electron chi connectivity index (χ0n) is 12.5. The number of nitrogens with zero attached hydrogens (tertiary/aromatic N) is 1. The quantitative estimate of drug-likeness (QED) is 0.345. The maximum absolute atomic E-state index is 11.6. The first-order valence-electron chi connectivity index (χ1n) is 6.88. The van der Waals surface area contributed by atoms with Crippen molar-refractivity contribution in [1.82, 2.24) is 10.6 Å². The topological polar surface area (TPSA) is 101 Å². The molecule has 1 aromatic rings. The van der Waals surface area contributed by atoms with Gasteiger partial charge in [-0.1, -0.05) is 26.0 Å². The van der Waals surface area contributed by atoms with E-state index in [4.69, 9.17) is 0 Å². The Morgan fingerprint density at radius 3 is 2.59 bits per heavy atom. The maximum atomic E-state index is 11.6. The lowest BCUT2D eigenvalue weighted by molar-refractivity contribution is -0.384. The van der Waals surface area contributed by atoms with Crippen LogP contribution in [0.4, 0.5) is 5.69 Å². The lowest BCUT2D eigenvalue weighted by atomic mass is 10.2. The average molecular weight is 305 g/mol. The molecule has 0 heterocycles. The van der Waals surface area contributed by atoms with Crippen LogP contribution in [0.2, 0.25) is 0 Å². The molecule has 0 spiro atoms. The van der Waals surface area contributed by atoms with Crippen molar-refractivity contribution < 1.29 is 14.5 Å². The molecule has 1 rings (SSSR count). The monoisotopic (exact) mass is 305 g/mol. The summed E-state index contributed by atoms with van der Waals surface area (Å²) in [6.07, 6.45) is 2.79. The number of nitro groups is 1. The Balaban J connectivity index is 2.40.